The molecule has 158 valence electrons. The molecule has 1 saturated heterocycles. The molecular formula is C21H25N5O3S. The fourth-order valence-electron chi connectivity index (χ4n) is 3.93. The first kappa shape index (κ1) is 20.5. The first-order valence-electron chi connectivity index (χ1n) is 9.96. The summed E-state index contributed by atoms with van der Waals surface area (Å²) in [6, 6.07) is 10.0. The summed E-state index contributed by atoms with van der Waals surface area (Å²) in [5.41, 5.74) is 1.87. The first-order valence-corrected chi connectivity index (χ1v) is 11.8. The molecule has 1 aliphatic heterocycles. The van der Waals surface area contributed by atoms with Gasteiger partial charge in [-0.1, -0.05) is 12.1 Å². The molecule has 8 nitrogen and oxygen atoms in total. The molecule has 0 saturated carbocycles. The Morgan fingerprint density at radius 2 is 2.07 bits per heavy atom. The molecule has 1 atom stereocenters. The van der Waals surface area contributed by atoms with Crippen molar-refractivity contribution in [3.05, 3.63) is 60.2 Å². The molecule has 1 aliphatic rings. The van der Waals surface area contributed by atoms with Crippen molar-refractivity contribution in [1.29, 1.82) is 0 Å². The zero-order chi connectivity index (χ0) is 21.0. The molecule has 0 aliphatic carbocycles. The second kappa shape index (κ2) is 8.93. The molecule has 4 rings (SSSR count). The van der Waals surface area contributed by atoms with E-state index in [1.807, 2.05) is 18.2 Å². The summed E-state index contributed by atoms with van der Waals surface area (Å²) in [5.74, 6) is 1.10. The number of rotatable bonds is 7. The van der Waals surface area contributed by atoms with Crippen LogP contribution >= 0.6 is 0 Å². The zero-order valence-corrected chi connectivity index (χ0v) is 17.7. The van der Waals surface area contributed by atoms with E-state index in [4.69, 9.17) is 4.74 Å². The van der Waals surface area contributed by atoms with Crippen molar-refractivity contribution in [2.24, 2.45) is 5.92 Å². The Morgan fingerprint density at radius 3 is 2.87 bits per heavy atom. The van der Waals surface area contributed by atoms with Crippen molar-refractivity contribution in [1.82, 2.24) is 25.1 Å². The highest BCUT2D eigenvalue weighted by Crippen LogP contribution is 2.25. The van der Waals surface area contributed by atoms with E-state index in [2.05, 4.69) is 31.1 Å². The lowest BCUT2D eigenvalue weighted by molar-refractivity contribution is 0.166. The highest BCUT2D eigenvalue weighted by Gasteiger charge is 2.24. The van der Waals surface area contributed by atoms with Crippen LogP contribution in [0.25, 0.3) is 0 Å². The largest absolute Gasteiger partial charge is 0.424 e. The minimum Gasteiger partial charge on any atom is -0.424 e. The van der Waals surface area contributed by atoms with Gasteiger partial charge < -0.3 is 4.74 Å². The van der Waals surface area contributed by atoms with Gasteiger partial charge in [0.25, 0.3) is 0 Å². The van der Waals surface area contributed by atoms with Crippen molar-refractivity contribution in [3.63, 3.8) is 0 Å². The van der Waals surface area contributed by atoms with Gasteiger partial charge in [0.15, 0.2) is 9.84 Å². The minimum atomic E-state index is -3.27. The summed E-state index contributed by atoms with van der Waals surface area (Å²) in [6.07, 6.45) is 8.78. The predicted octanol–water partition coefficient (Wildman–Crippen LogP) is 2.85. The van der Waals surface area contributed by atoms with Gasteiger partial charge in [-0.25, -0.2) is 18.4 Å². The van der Waals surface area contributed by atoms with E-state index in [0.29, 0.717) is 34.7 Å². The Bertz CT molecular complexity index is 1080. The molecule has 1 N–H and O–H groups in total. The number of aromatic amines is 1. The lowest BCUT2D eigenvalue weighted by atomic mass is 9.93. The number of hydrogen-bond donors (Lipinski definition) is 1. The molecule has 30 heavy (non-hydrogen) atoms. The van der Waals surface area contributed by atoms with Crippen molar-refractivity contribution in [2.45, 2.75) is 30.7 Å². The number of nitrogens with zero attached hydrogens (tertiary/aromatic N) is 4. The average molecular weight is 428 g/mol. The van der Waals surface area contributed by atoms with E-state index in [0.717, 1.165) is 38.0 Å². The normalized spacial score (nSPS) is 17.7. The van der Waals surface area contributed by atoms with Crippen molar-refractivity contribution >= 4 is 9.84 Å². The standard InChI is InChI=1S/C21H25N5O3S/c1-30(27,28)20-13-24-25-19(20)12-17-6-3-10-26(15-17)14-16-5-2-7-18(11-16)29-21-22-8-4-9-23-21/h2,4-5,7-9,11,13,17H,3,6,10,12,14-15H2,1H3,(H,24,25)/t17-/m0/s1. The van der Waals surface area contributed by atoms with Crippen LogP contribution in [-0.4, -0.2) is 52.8 Å². The summed E-state index contributed by atoms with van der Waals surface area (Å²) in [4.78, 5) is 10.9. The van der Waals surface area contributed by atoms with Gasteiger partial charge in [-0.3, -0.25) is 10.00 Å². The van der Waals surface area contributed by atoms with Crippen LogP contribution in [-0.2, 0) is 22.8 Å². The molecule has 3 heterocycles. The Kier molecular flexibility index (Phi) is 6.10. The topological polar surface area (TPSA) is 101 Å². The van der Waals surface area contributed by atoms with E-state index in [1.165, 1.54) is 12.5 Å². The maximum Gasteiger partial charge on any atom is 0.321 e. The first-order chi connectivity index (χ1) is 14.5. The van der Waals surface area contributed by atoms with Crippen LogP contribution in [0.5, 0.6) is 11.8 Å². The van der Waals surface area contributed by atoms with Crippen LogP contribution in [0.3, 0.4) is 0 Å². The van der Waals surface area contributed by atoms with Gasteiger partial charge in [0.2, 0.25) is 0 Å². The van der Waals surface area contributed by atoms with Crippen LogP contribution in [0.15, 0.2) is 53.8 Å². The van der Waals surface area contributed by atoms with Crippen molar-refractivity contribution < 1.29 is 13.2 Å². The van der Waals surface area contributed by atoms with E-state index in [-0.39, 0.29) is 0 Å². The number of nitrogens with one attached hydrogen (secondary N) is 1. The van der Waals surface area contributed by atoms with E-state index < -0.39 is 9.84 Å². The fourth-order valence-corrected chi connectivity index (χ4v) is 4.75. The highest BCUT2D eigenvalue weighted by atomic mass is 32.2. The molecular weight excluding hydrogens is 402 g/mol. The van der Waals surface area contributed by atoms with Crippen LogP contribution < -0.4 is 4.74 Å². The van der Waals surface area contributed by atoms with Gasteiger partial charge in [0, 0.05) is 31.7 Å². The molecule has 1 fully saturated rings. The molecule has 1 aromatic carbocycles. The van der Waals surface area contributed by atoms with Crippen molar-refractivity contribution in [3.8, 4) is 11.8 Å². The summed E-state index contributed by atoms with van der Waals surface area (Å²) in [7, 11) is -3.27. The van der Waals surface area contributed by atoms with E-state index in [1.54, 1.807) is 18.5 Å². The van der Waals surface area contributed by atoms with E-state index in [9.17, 15) is 8.42 Å². The van der Waals surface area contributed by atoms with Crippen LogP contribution in [0.2, 0.25) is 0 Å². The number of H-pyrrole nitrogens is 1. The third-order valence-electron chi connectivity index (χ3n) is 5.23. The Hall–Kier alpha value is -2.78. The fraction of sp³-hybridized carbons (Fsp3) is 0.381. The molecule has 0 amide bonds. The second-order valence-corrected chi connectivity index (χ2v) is 9.70. The zero-order valence-electron chi connectivity index (χ0n) is 16.9. The lowest BCUT2D eigenvalue weighted by Gasteiger charge is -2.32. The number of hydrogen-bond acceptors (Lipinski definition) is 7. The maximum absolute atomic E-state index is 11.9. The van der Waals surface area contributed by atoms with Gasteiger partial charge in [0.1, 0.15) is 10.6 Å². The molecule has 3 aromatic rings. The Balaban J connectivity index is 1.39. The summed E-state index contributed by atoms with van der Waals surface area (Å²) >= 11 is 0. The number of ether oxygens (including phenoxy) is 1. The SMILES string of the molecule is CS(=O)(=O)c1cn[nH]c1C[C@@H]1CCCN(Cc2cccc(Oc3ncccn3)c2)C1. The predicted molar refractivity (Wildman–Crippen MR) is 112 cm³/mol. The monoisotopic (exact) mass is 427 g/mol. The highest BCUT2D eigenvalue weighted by molar-refractivity contribution is 7.90. The Labute approximate surface area is 176 Å². The van der Waals surface area contributed by atoms with Gasteiger partial charge in [-0.2, -0.15) is 5.10 Å². The molecule has 2 aromatic heterocycles. The molecule has 0 radical (unpaired) electrons. The van der Waals surface area contributed by atoms with Crippen LogP contribution in [0, 0.1) is 5.92 Å². The molecule has 0 spiro atoms. The third-order valence-corrected chi connectivity index (χ3v) is 6.38. The number of likely N-dealkylation sites (tertiary alicyclic amines) is 1. The van der Waals surface area contributed by atoms with Gasteiger partial charge in [0.05, 0.1) is 11.9 Å². The maximum atomic E-state index is 11.9. The van der Waals surface area contributed by atoms with Crippen molar-refractivity contribution in [2.75, 3.05) is 19.3 Å². The Morgan fingerprint density at radius 1 is 1.23 bits per heavy atom. The van der Waals surface area contributed by atoms with Gasteiger partial charge >= 0.3 is 6.01 Å². The lowest BCUT2D eigenvalue weighted by Crippen LogP contribution is -2.35. The average Bonchev–Trinajstić information content (AvgIpc) is 3.18. The van der Waals surface area contributed by atoms with Gasteiger partial charge in [-0.15, -0.1) is 0 Å². The van der Waals surface area contributed by atoms with E-state index >= 15 is 0 Å². The summed E-state index contributed by atoms with van der Waals surface area (Å²) < 4.78 is 29.6. The quantitative estimate of drug-likeness (QED) is 0.619. The summed E-state index contributed by atoms with van der Waals surface area (Å²) in [5, 5.41) is 6.82. The molecule has 0 unspecified atom stereocenters. The number of benzene rings is 1. The number of piperidine rings is 1. The minimum absolute atomic E-state index is 0.313. The number of aromatic nitrogens is 4. The van der Waals surface area contributed by atoms with Crippen LogP contribution in [0.1, 0.15) is 24.1 Å². The summed E-state index contributed by atoms with van der Waals surface area (Å²) in [6.45, 7) is 2.74. The second-order valence-electron chi connectivity index (χ2n) is 7.71. The third kappa shape index (κ3) is 5.22. The number of sulfone groups is 1. The van der Waals surface area contributed by atoms with Crippen LogP contribution in [0.4, 0.5) is 0 Å². The smallest absolute Gasteiger partial charge is 0.321 e. The van der Waals surface area contributed by atoms with Gasteiger partial charge in [-0.05, 0) is 55.5 Å². The molecule has 0 bridgehead atoms. The molecule has 9 heteroatoms.